The van der Waals surface area contributed by atoms with Crippen molar-refractivity contribution in [3.63, 3.8) is 0 Å². The third-order valence-corrected chi connectivity index (χ3v) is 8.28. The number of hydrogen-bond acceptors (Lipinski definition) is 8. The van der Waals surface area contributed by atoms with Gasteiger partial charge >= 0.3 is 6.03 Å². The highest BCUT2D eigenvalue weighted by atomic mass is 16.5. The molecule has 13 nitrogen and oxygen atoms in total. The number of hydrogen-bond donors (Lipinski definition) is 7. The number of carbonyl (C=O) groups is 1. The third kappa shape index (κ3) is 8.21. The summed E-state index contributed by atoms with van der Waals surface area (Å²) < 4.78 is 9.86. The Balaban J connectivity index is 1.26. The van der Waals surface area contributed by atoms with E-state index >= 15 is 0 Å². The van der Waals surface area contributed by atoms with Gasteiger partial charge in [0.05, 0.1) is 30.7 Å². The topological polar surface area (TPSA) is 172 Å². The maximum atomic E-state index is 13.3. The zero-order valence-corrected chi connectivity index (χ0v) is 26.6. The van der Waals surface area contributed by atoms with Gasteiger partial charge in [-0.05, 0) is 74.9 Å². The van der Waals surface area contributed by atoms with Crippen molar-refractivity contribution in [2.24, 2.45) is 0 Å². The fourth-order valence-corrected chi connectivity index (χ4v) is 5.80. The molecule has 0 saturated carbocycles. The van der Waals surface area contributed by atoms with E-state index in [0.29, 0.717) is 54.7 Å². The van der Waals surface area contributed by atoms with Gasteiger partial charge in [0.15, 0.2) is 0 Å². The molecule has 46 heavy (non-hydrogen) atoms. The highest BCUT2D eigenvalue weighted by Gasteiger charge is 2.30. The quantitative estimate of drug-likeness (QED) is 0.123. The van der Waals surface area contributed by atoms with Gasteiger partial charge in [0, 0.05) is 31.5 Å². The zero-order valence-electron chi connectivity index (χ0n) is 26.6. The first-order valence-corrected chi connectivity index (χ1v) is 16.0. The Morgan fingerprint density at radius 1 is 1.07 bits per heavy atom. The minimum Gasteiger partial charge on any atom is -0.484 e. The molecule has 1 fully saturated rings. The number of carbonyl (C=O) groups excluding carboxylic acids is 1. The average Bonchev–Trinajstić information content (AvgIpc) is 3.52. The number of ether oxygens (including phenoxy) is 1. The average molecular weight is 628 g/mol. The second-order valence-corrected chi connectivity index (χ2v) is 11.6. The molecule has 0 bridgehead atoms. The fourth-order valence-electron chi connectivity index (χ4n) is 5.80. The molecule has 2 amide bonds. The molecular weight excluding hydrogens is 582 g/mol. The lowest BCUT2D eigenvalue weighted by Gasteiger charge is -2.33. The number of anilines is 1. The van der Waals surface area contributed by atoms with Gasteiger partial charge in [0.25, 0.3) is 0 Å². The Morgan fingerprint density at radius 2 is 1.85 bits per heavy atom. The van der Waals surface area contributed by atoms with Gasteiger partial charge in [-0.3, -0.25) is 25.4 Å². The van der Waals surface area contributed by atoms with E-state index in [2.05, 4.69) is 26.4 Å². The van der Waals surface area contributed by atoms with Crippen molar-refractivity contribution in [1.82, 2.24) is 35.2 Å². The second kappa shape index (κ2) is 15.4. The summed E-state index contributed by atoms with van der Waals surface area (Å²) >= 11 is 0. The van der Waals surface area contributed by atoms with Gasteiger partial charge in [0.1, 0.15) is 23.2 Å². The standard InChI is InChI=1S/C33H45N11O2/c1-3-23(34)19-31(39-24-20-38-43(21-24)18-15-37-2)41-33(45)40-28-12-13-29(27-10-6-5-9-26(27)28)46-25-11-14-30(35)44(22-25)32(36)42-16-7-4-8-17-42/h5-6,9-11,14,19-22,28-29,34-37,39H,3-4,7-8,12-13,15-18H2,1-2H3,(H2,40,41,45)/b31-19+,34-23?,35-30?,36-32?/t28?,29-/m1/s1. The van der Waals surface area contributed by atoms with Crippen LogP contribution in [0.4, 0.5) is 10.5 Å². The number of rotatable bonds is 11. The van der Waals surface area contributed by atoms with Gasteiger partial charge in [-0.1, -0.05) is 31.2 Å². The summed E-state index contributed by atoms with van der Waals surface area (Å²) in [6.45, 7) is 5.03. The molecule has 1 aliphatic carbocycles. The highest BCUT2D eigenvalue weighted by molar-refractivity contribution is 5.93. The van der Waals surface area contributed by atoms with Gasteiger partial charge < -0.3 is 31.0 Å². The smallest absolute Gasteiger partial charge is 0.320 e. The Morgan fingerprint density at radius 3 is 2.61 bits per heavy atom. The van der Waals surface area contributed by atoms with Crippen LogP contribution in [0.15, 0.2) is 66.9 Å². The molecule has 244 valence electrons. The largest absolute Gasteiger partial charge is 0.484 e. The van der Waals surface area contributed by atoms with E-state index in [1.807, 2.05) is 49.3 Å². The number of nitrogens with zero attached hydrogens (tertiary/aromatic N) is 4. The molecule has 2 atom stereocenters. The SMILES string of the molecule is CCC(=N)/C=C(/NC(=O)NC1CC[C@@H](Oc2ccc(=N)n(C(=N)N3CCCCC3)c2)c2ccccc21)Nc1cnn(CCNC)c1. The second-order valence-electron chi connectivity index (χ2n) is 11.6. The van der Waals surface area contributed by atoms with Crippen molar-refractivity contribution >= 4 is 23.4 Å². The van der Waals surface area contributed by atoms with E-state index in [4.69, 9.17) is 21.0 Å². The number of allylic oxidation sites excluding steroid dienone is 1. The summed E-state index contributed by atoms with van der Waals surface area (Å²) in [6, 6.07) is 10.8. The van der Waals surface area contributed by atoms with Crippen molar-refractivity contribution in [1.29, 1.82) is 16.2 Å². The van der Waals surface area contributed by atoms with Crippen LogP contribution in [0.2, 0.25) is 0 Å². The maximum absolute atomic E-state index is 13.3. The Labute approximate surface area is 269 Å². The molecule has 3 heterocycles. The number of piperidine rings is 1. The van der Waals surface area contributed by atoms with E-state index in [-0.39, 0.29) is 23.7 Å². The molecule has 2 aromatic heterocycles. The van der Waals surface area contributed by atoms with Crippen LogP contribution in [0, 0.1) is 16.2 Å². The van der Waals surface area contributed by atoms with E-state index in [0.717, 1.165) is 43.6 Å². The van der Waals surface area contributed by atoms with Crippen LogP contribution in [-0.2, 0) is 6.54 Å². The van der Waals surface area contributed by atoms with Gasteiger partial charge in [-0.15, -0.1) is 0 Å². The number of likely N-dealkylation sites (N-methyl/N-ethyl adjacent to an activating group) is 1. The number of likely N-dealkylation sites (tertiary alicyclic amines) is 1. The maximum Gasteiger partial charge on any atom is 0.320 e. The molecule has 0 spiro atoms. The minimum atomic E-state index is -0.382. The first-order chi connectivity index (χ1) is 22.3. The van der Waals surface area contributed by atoms with Gasteiger partial charge in [-0.25, -0.2) is 4.79 Å². The van der Waals surface area contributed by atoms with Crippen LogP contribution in [-0.4, -0.2) is 63.6 Å². The first-order valence-electron chi connectivity index (χ1n) is 16.0. The van der Waals surface area contributed by atoms with Crippen LogP contribution < -0.4 is 31.5 Å². The number of benzene rings is 1. The van der Waals surface area contributed by atoms with E-state index in [1.54, 1.807) is 39.9 Å². The lowest BCUT2D eigenvalue weighted by atomic mass is 9.85. The summed E-state index contributed by atoms with van der Waals surface area (Å²) in [4.78, 5) is 15.3. The number of amides is 2. The summed E-state index contributed by atoms with van der Waals surface area (Å²) in [5, 5.41) is 41.9. The first kappa shape index (κ1) is 32.5. The Hall–Kier alpha value is -4.91. The predicted octanol–water partition coefficient (Wildman–Crippen LogP) is 4.29. The number of pyridine rings is 1. The summed E-state index contributed by atoms with van der Waals surface area (Å²) in [6.07, 6.45) is 11.8. The van der Waals surface area contributed by atoms with Gasteiger partial charge in [-0.2, -0.15) is 5.10 Å². The number of aromatic nitrogens is 3. The van der Waals surface area contributed by atoms with Crippen molar-refractivity contribution in [3.8, 4) is 5.75 Å². The molecule has 1 saturated heterocycles. The monoisotopic (exact) mass is 627 g/mol. The molecule has 0 radical (unpaired) electrons. The lowest BCUT2D eigenvalue weighted by molar-refractivity contribution is 0.170. The molecule has 3 aromatic rings. The van der Waals surface area contributed by atoms with Crippen LogP contribution in [0.5, 0.6) is 5.75 Å². The van der Waals surface area contributed by atoms with Crippen LogP contribution in [0.25, 0.3) is 0 Å². The summed E-state index contributed by atoms with van der Waals surface area (Å²) in [5.74, 6) is 1.29. The molecule has 2 aliphatic rings. The number of urea groups is 1. The van der Waals surface area contributed by atoms with Crippen LogP contribution in [0.3, 0.4) is 0 Å². The fraction of sp³-hybridized carbons (Fsp3) is 0.424. The number of fused-ring (bicyclic) bond motifs is 1. The van der Waals surface area contributed by atoms with Crippen molar-refractivity contribution in [3.05, 3.63) is 83.5 Å². The lowest BCUT2D eigenvalue weighted by Crippen LogP contribution is -2.43. The van der Waals surface area contributed by atoms with E-state index in [1.165, 1.54) is 6.42 Å². The van der Waals surface area contributed by atoms with E-state index < -0.39 is 0 Å². The minimum absolute atomic E-state index is 0.236. The Bertz CT molecular complexity index is 1620. The molecule has 13 heteroatoms. The zero-order chi connectivity index (χ0) is 32.5. The third-order valence-electron chi connectivity index (χ3n) is 8.28. The highest BCUT2D eigenvalue weighted by Crippen LogP contribution is 2.38. The van der Waals surface area contributed by atoms with Crippen LogP contribution in [0.1, 0.15) is 68.7 Å². The molecule has 7 N–H and O–H groups in total. The summed E-state index contributed by atoms with van der Waals surface area (Å²) in [7, 11) is 1.89. The molecule has 1 aliphatic heterocycles. The van der Waals surface area contributed by atoms with Crippen molar-refractivity contribution in [2.45, 2.75) is 64.1 Å². The van der Waals surface area contributed by atoms with Crippen molar-refractivity contribution in [2.75, 3.05) is 32.0 Å². The van der Waals surface area contributed by atoms with Crippen LogP contribution >= 0.6 is 0 Å². The molecular formula is C33H45N11O2. The normalized spacial score (nSPS) is 18.0. The molecule has 1 aromatic carbocycles. The number of nitrogens with one attached hydrogen (secondary N) is 7. The van der Waals surface area contributed by atoms with E-state index in [9.17, 15) is 4.79 Å². The van der Waals surface area contributed by atoms with Gasteiger partial charge in [0.2, 0.25) is 5.96 Å². The summed E-state index contributed by atoms with van der Waals surface area (Å²) in [5.41, 5.74) is 3.29. The molecule has 1 unspecified atom stereocenters. The van der Waals surface area contributed by atoms with Crippen molar-refractivity contribution < 1.29 is 9.53 Å². The molecule has 5 rings (SSSR count). The predicted molar refractivity (Wildman–Crippen MR) is 178 cm³/mol. The Kier molecular flexibility index (Phi) is 10.9.